The van der Waals surface area contributed by atoms with Crippen LogP contribution < -0.4 is 0 Å². The van der Waals surface area contributed by atoms with E-state index in [9.17, 15) is 0 Å². The first kappa shape index (κ1) is 15.4. The molecule has 120 valence electrons. The van der Waals surface area contributed by atoms with E-state index in [0.717, 1.165) is 6.42 Å². The Morgan fingerprint density at radius 3 is 1.64 bits per heavy atom. The normalized spacial score (nSPS) is 10.6. The molecular formula is C25H20. The maximum absolute atomic E-state index is 2.31. The summed E-state index contributed by atoms with van der Waals surface area (Å²) in [5.74, 6) is 0. The zero-order valence-corrected chi connectivity index (χ0v) is 14.1. The molecule has 0 saturated carbocycles. The van der Waals surface area contributed by atoms with Crippen LogP contribution in [0, 0.1) is 0 Å². The molecule has 0 heterocycles. The molecule has 0 saturated heterocycles. The van der Waals surface area contributed by atoms with Crippen molar-refractivity contribution < 1.29 is 0 Å². The van der Waals surface area contributed by atoms with E-state index in [2.05, 4.69) is 109 Å². The molecule has 0 heteroatoms. The van der Waals surface area contributed by atoms with Crippen LogP contribution in [0.5, 0.6) is 0 Å². The average molecular weight is 320 g/mol. The van der Waals surface area contributed by atoms with E-state index in [-0.39, 0.29) is 0 Å². The summed E-state index contributed by atoms with van der Waals surface area (Å²) < 4.78 is 0. The number of hydrogen-bond donors (Lipinski definition) is 0. The summed E-state index contributed by atoms with van der Waals surface area (Å²) in [6, 6.07) is 38.8. The minimum Gasteiger partial charge on any atom is -0.0622 e. The number of rotatable bonds is 4. The fourth-order valence-electron chi connectivity index (χ4n) is 3.28. The van der Waals surface area contributed by atoms with Crippen molar-refractivity contribution in [1.29, 1.82) is 0 Å². The summed E-state index contributed by atoms with van der Waals surface area (Å²) in [6.07, 6.45) is 0.960. The fraction of sp³-hybridized carbons (Fsp3) is 0.0400. The summed E-state index contributed by atoms with van der Waals surface area (Å²) in [5.41, 5.74) is 7.77. The van der Waals surface area contributed by atoms with Gasteiger partial charge in [-0.25, -0.2) is 0 Å². The summed E-state index contributed by atoms with van der Waals surface area (Å²) in [4.78, 5) is 0. The Kier molecular flexibility index (Phi) is 4.43. The summed E-state index contributed by atoms with van der Waals surface area (Å²) in [7, 11) is 0. The third-order valence-electron chi connectivity index (χ3n) is 4.50. The Labute approximate surface area is 149 Å². The molecule has 0 aliphatic rings. The average Bonchev–Trinajstić information content (AvgIpc) is 2.70. The molecule has 0 aliphatic heterocycles. The molecule has 0 amide bonds. The maximum Gasteiger partial charge on any atom is -0.00256 e. The van der Waals surface area contributed by atoms with Crippen molar-refractivity contribution in [3.8, 4) is 22.3 Å². The second-order valence-corrected chi connectivity index (χ2v) is 6.27. The Morgan fingerprint density at radius 2 is 0.920 bits per heavy atom. The van der Waals surface area contributed by atoms with Crippen LogP contribution in [-0.2, 0) is 6.42 Å². The van der Waals surface area contributed by atoms with Gasteiger partial charge in [-0.2, -0.15) is 0 Å². The lowest BCUT2D eigenvalue weighted by Gasteiger charge is -2.11. The highest BCUT2D eigenvalue weighted by molar-refractivity contribution is 5.83. The van der Waals surface area contributed by atoms with Crippen molar-refractivity contribution >= 4 is 0 Å². The van der Waals surface area contributed by atoms with Crippen LogP contribution in [0.4, 0.5) is 0 Å². The van der Waals surface area contributed by atoms with E-state index in [1.54, 1.807) is 0 Å². The smallest absolute Gasteiger partial charge is 0.00256 e. The van der Waals surface area contributed by atoms with Gasteiger partial charge >= 0.3 is 0 Å². The van der Waals surface area contributed by atoms with Gasteiger partial charge in [-0.3, -0.25) is 0 Å². The lowest BCUT2D eigenvalue weighted by atomic mass is 9.93. The molecule has 0 fully saturated rings. The molecule has 0 aliphatic carbocycles. The van der Waals surface area contributed by atoms with Crippen LogP contribution in [0.1, 0.15) is 11.1 Å². The minimum atomic E-state index is 0.960. The number of benzene rings is 4. The van der Waals surface area contributed by atoms with Crippen LogP contribution in [-0.4, -0.2) is 0 Å². The second-order valence-electron chi connectivity index (χ2n) is 6.27. The van der Waals surface area contributed by atoms with Crippen molar-refractivity contribution in [3.63, 3.8) is 0 Å². The van der Waals surface area contributed by atoms with E-state index >= 15 is 0 Å². The zero-order valence-electron chi connectivity index (χ0n) is 14.1. The quantitative estimate of drug-likeness (QED) is 0.397. The van der Waals surface area contributed by atoms with Crippen LogP contribution in [0.3, 0.4) is 0 Å². The fourth-order valence-corrected chi connectivity index (χ4v) is 3.28. The molecule has 4 rings (SSSR count). The lowest BCUT2D eigenvalue weighted by Crippen LogP contribution is -1.90. The van der Waals surface area contributed by atoms with E-state index in [4.69, 9.17) is 0 Å². The third kappa shape index (κ3) is 3.54. The highest BCUT2D eigenvalue weighted by Gasteiger charge is 2.07. The topological polar surface area (TPSA) is 0 Å². The monoisotopic (exact) mass is 320 g/mol. The zero-order chi connectivity index (χ0) is 16.9. The Morgan fingerprint density at radius 1 is 0.400 bits per heavy atom. The van der Waals surface area contributed by atoms with Gasteiger partial charge in [-0.1, -0.05) is 109 Å². The SMILES string of the molecule is c1ccc(Cc2cccc(-c3ccccc3-c3ccccc3)c2)cc1. The van der Waals surface area contributed by atoms with Crippen molar-refractivity contribution in [2.45, 2.75) is 6.42 Å². The molecule has 4 aromatic rings. The third-order valence-corrected chi connectivity index (χ3v) is 4.50. The summed E-state index contributed by atoms with van der Waals surface area (Å²) in [6.45, 7) is 0. The van der Waals surface area contributed by atoms with Gasteiger partial charge < -0.3 is 0 Å². The molecule has 4 aromatic carbocycles. The maximum atomic E-state index is 2.31. The van der Waals surface area contributed by atoms with E-state index in [1.807, 2.05) is 0 Å². The molecular weight excluding hydrogens is 300 g/mol. The summed E-state index contributed by atoms with van der Waals surface area (Å²) >= 11 is 0. The summed E-state index contributed by atoms with van der Waals surface area (Å²) in [5, 5.41) is 0. The molecule has 0 aromatic heterocycles. The Bertz CT molecular complexity index is 953. The highest BCUT2D eigenvalue weighted by Crippen LogP contribution is 2.32. The van der Waals surface area contributed by atoms with Gasteiger partial charge in [0.2, 0.25) is 0 Å². The van der Waals surface area contributed by atoms with Gasteiger partial charge in [0.05, 0.1) is 0 Å². The standard InChI is InChI=1S/C25H20/c1-3-10-20(11-4-1)18-21-12-9-15-23(19-21)25-17-8-7-16-24(25)22-13-5-2-6-14-22/h1-17,19H,18H2. The minimum absolute atomic E-state index is 0.960. The van der Waals surface area contributed by atoms with Gasteiger partial charge in [0, 0.05) is 0 Å². The molecule has 0 unspecified atom stereocenters. The van der Waals surface area contributed by atoms with Gasteiger partial charge in [0.1, 0.15) is 0 Å². The van der Waals surface area contributed by atoms with E-state index in [0.29, 0.717) is 0 Å². The first-order valence-electron chi connectivity index (χ1n) is 8.68. The molecule has 0 spiro atoms. The van der Waals surface area contributed by atoms with Crippen molar-refractivity contribution in [1.82, 2.24) is 0 Å². The van der Waals surface area contributed by atoms with Crippen molar-refractivity contribution in [3.05, 3.63) is 120 Å². The lowest BCUT2D eigenvalue weighted by molar-refractivity contribution is 1.19. The van der Waals surface area contributed by atoms with E-state index in [1.165, 1.54) is 33.4 Å². The van der Waals surface area contributed by atoms with Gasteiger partial charge in [-0.05, 0) is 39.8 Å². The number of hydrogen-bond acceptors (Lipinski definition) is 0. The predicted octanol–water partition coefficient (Wildman–Crippen LogP) is 6.61. The molecule has 0 radical (unpaired) electrons. The first-order chi connectivity index (χ1) is 12.4. The molecule has 0 bridgehead atoms. The molecule has 25 heavy (non-hydrogen) atoms. The Hall–Kier alpha value is -3.12. The molecule has 0 atom stereocenters. The van der Waals surface area contributed by atoms with Crippen LogP contribution in [0.25, 0.3) is 22.3 Å². The Balaban J connectivity index is 1.73. The van der Waals surface area contributed by atoms with Crippen LogP contribution in [0.15, 0.2) is 109 Å². The second kappa shape index (κ2) is 7.19. The van der Waals surface area contributed by atoms with Crippen LogP contribution in [0.2, 0.25) is 0 Å². The largest absolute Gasteiger partial charge is 0.0622 e. The van der Waals surface area contributed by atoms with Gasteiger partial charge in [-0.15, -0.1) is 0 Å². The predicted molar refractivity (Wildman–Crippen MR) is 107 cm³/mol. The van der Waals surface area contributed by atoms with Gasteiger partial charge in [0.15, 0.2) is 0 Å². The highest BCUT2D eigenvalue weighted by atomic mass is 14.1. The van der Waals surface area contributed by atoms with Crippen LogP contribution >= 0.6 is 0 Å². The van der Waals surface area contributed by atoms with Gasteiger partial charge in [0.25, 0.3) is 0 Å². The van der Waals surface area contributed by atoms with Crippen molar-refractivity contribution in [2.75, 3.05) is 0 Å². The van der Waals surface area contributed by atoms with E-state index < -0.39 is 0 Å². The molecule has 0 N–H and O–H groups in total. The first-order valence-corrected chi connectivity index (χ1v) is 8.68. The van der Waals surface area contributed by atoms with Crippen molar-refractivity contribution in [2.24, 2.45) is 0 Å². The molecule has 0 nitrogen and oxygen atoms in total.